The van der Waals surface area contributed by atoms with Gasteiger partial charge in [-0.25, -0.2) is 0 Å². The molecule has 3 aliphatic heterocycles. The number of aromatic hydroxyl groups is 1. The van der Waals surface area contributed by atoms with E-state index in [-0.39, 0.29) is 5.91 Å². The summed E-state index contributed by atoms with van der Waals surface area (Å²) >= 11 is 0. The maximum absolute atomic E-state index is 12.2. The van der Waals surface area contributed by atoms with Crippen molar-refractivity contribution in [2.75, 3.05) is 82.0 Å². The first kappa shape index (κ1) is 30.1. The quantitative estimate of drug-likeness (QED) is 0.336. The van der Waals surface area contributed by atoms with Gasteiger partial charge < -0.3 is 29.3 Å². The molecule has 0 radical (unpaired) electrons. The average Bonchev–Trinajstić information content (AvgIpc) is 3.02. The first-order valence-electron chi connectivity index (χ1n) is 15.4. The SMILES string of the molecule is C=CC(=O)N1CCN(c2nc(OCCCN3CCOCC3)nc3c2CCN(c2cc(O)cc(C)c2C(C)CC)C3)CC1. The number of benzene rings is 1. The largest absolute Gasteiger partial charge is 0.508 e. The number of ether oxygens (including phenoxy) is 2. The van der Waals surface area contributed by atoms with E-state index in [1.807, 2.05) is 17.0 Å². The highest BCUT2D eigenvalue weighted by molar-refractivity contribution is 5.87. The van der Waals surface area contributed by atoms with Crippen LogP contribution in [0, 0.1) is 6.92 Å². The Labute approximate surface area is 249 Å². The number of anilines is 2. The summed E-state index contributed by atoms with van der Waals surface area (Å²) in [5.41, 5.74) is 5.60. The molecule has 1 N–H and O–H groups in total. The van der Waals surface area contributed by atoms with E-state index in [0.717, 1.165) is 87.0 Å². The maximum atomic E-state index is 12.2. The fourth-order valence-corrected chi connectivity index (χ4v) is 6.33. The van der Waals surface area contributed by atoms with Crippen molar-refractivity contribution in [3.8, 4) is 11.8 Å². The maximum Gasteiger partial charge on any atom is 0.318 e. The molecule has 4 heterocycles. The zero-order valence-electron chi connectivity index (χ0n) is 25.5. The van der Waals surface area contributed by atoms with E-state index < -0.39 is 0 Å². The van der Waals surface area contributed by atoms with Crippen LogP contribution in [0.2, 0.25) is 0 Å². The molecular formula is C32H46N6O4. The van der Waals surface area contributed by atoms with Gasteiger partial charge in [0.15, 0.2) is 0 Å². The highest BCUT2D eigenvalue weighted by Crippen LogP contribution is 2.39. The number of phenolic OH excluding ortho intramolecular Hbond substituents is 1. The number of phenols is 1. The van der Waals surface area contributed by atoms with Crippen LogP contribution in [0.25, 0.3) is 0 Å². The monoisotopic (exact) mass is 578 g/mol. The van der Waals surface area contributed by atoms with Gasteiger partial charge in [-0.05, 0) is 55.4 Å². The lowest BCUT2D eigenvalue weighted by atomic mass is 9.91. The average molecular weight is 579 g/mol. The molecule has 1 unspecified atom stereocenters. The van der Waals surface area contributed by atoms with E-state index in [1.165, 1.54) is 11.6 Å². The second kappa shape index (κ2) is 13.7. The number of aromatic nitrogens is 2. The van der Waals surface area contributed by atoms with E-state index in [4.69, 9.17) is 19.4 Å². The fourth-order valence-electron chi connectivity index (χ4n) is 6.33. The van der Waals surface area contributed by atoms with E-state index in [2.05, 4.69) is 42.0 Å². The van der Waals surface area contributed by atoms with Crippen LogP contribution in [-0.2, 0) is 22.5 Å². The Hall–Kier alpha value is -3.37. The summed E-state index contributed by atoms with van der Waals surface area (Å²) in [5, 5.41) is 10.5. The standard InChI is InChI=1S/C32H46N6O4/c1-5-23(3)30-24(4)20-25(39)21-28(30)38-10-8-26-27(22-38)33-32(42-17-7-9-35-15-18-41-19-16-35)34-31(26)37-13-11-36(12-14-37)29(40)6-2/h6,20-21,23,39H,2,5,7-19,22H2,1,3-4H3. The Kier molecular flexibility index (Phi) is 9.84. The zero-order valence-corrected chi connectivity index (χ0v) is 25.5. The number of carbonyl (C=O) groups is 1. The number of fused-ring (bicyclic) bond motifs is 1. The number of nitrogens with zero attached hydrogens (tertiary/aromatic N) is 6. The summed E-state index contributed by atoms with van der Waals surface area (Å²) in [5.74, 6) is 1.56. The van der Waals surface area contributed by atoms with Gasteiger partial charge >= 0.3 is 6.01 Å². The highest BCUT2D eigenvalue weighted by Gasteiger charge is 2.30. The predicted octanol–water partition coefficient (Wildman–Crippen LogP) is 3.50. The Bertz CT molecular complexity index is 1260. The predicted molar refractivity (Wildman–Crippen MR) is 165 cm³/mol. The Morgan fingerprint density at radius 3 is 2.60 bits per heavy atom. The van der Waals surface area contributed by atoms with Crippen molar-refractivity contribution in [3.05, 3.63) is 47.2 Å². The van der Waals surface area contributed by atoms with Gasteiger partial charge in [-0.1, -0.05) is 20.4 Å². The van der Waals surface area contributed by atoms with Crippen LogP contribution in [0.3, 0.4) is 0 Å². The fraction of sp³-hybridized carbons (Fsp3) is 0.594. The molecule has 0 aliphatic carbocycles. The second-order valence-electron chi connectivity index (χ2n) is 11.6. The molecule has 5 rings (SSSR count). The molecule has 10 nitrogen and oxygen atoms in total. The Morgan fingerprint density at radius 1 is 1.12 bits per heavy atom. The number of morpholine rings is 1. The molecule has 2 aromatic rings. The van der Waals surface area contributed by atoms with E-state index >= 15 is 0 Å². The summed E-state index contributed by atoms with van der Waals surface area (Å²) < 4.78 is 11.7. The molecule has 1 aromatic heterocycles. The molecule has 10 heteroatoms. The van der Waals surface area contributed by atoms with Gasteiger partial charge in [0.25, 0.3) is 0 Å². The topological polar surface area (TPSA) is 94.5 Å². The summed E-state index contributed by atoms with van der Waals surface area (Å²) in [6.45, 7) is 19.3. The van der Waals surface area contributed by atoms with Gasteiger partial charge in [0.2, 0.25) is 5.91 Å². The summed E-state index contributed by atoms with van der Waals surface area (Å²) in [7, 11) is 0. The number of hydrogen-bond donors (Lipinski definition) is 1. The van der Waals surface area contributed by atoms with Crippen molar-refractivity contribution in [1.29, 1.82) is 0 Å². The first-order valence-corrected chi connectivity index (χ1v) is 15.4. The number of amides is 1. The van der Waals surface area contributed by atoms with Gasteiger partial charge in [0.1, 0.15) is 11.6 Å². The number of piperazine rings is 1. The first-order chi connectivity index (χ1) is 20.4. The molecule has 0 saturated carbocycles. The Morgan fingerprint density at radius 2 is 1.88 bits per heavy atom. The van der Waals surface area contributed by atoms with Gasteiger partial charge in [0.05, 0.1) is 32.1 Å². The lowest BCUT2D eigenvalue weighted by Crippen LogP contribution is -2.49. The number of hydrogen-bond acceptors (Lipinski definition) is 9. The molecule has 0 bridgehead atoms. The molecule has 42 heavy (non-hydrogen) atoms. The number of carbonyl (C=O) groups excluding carboxylic acids is 1. The van der Waals surface area contributed by atoms with Crippen LogP contribution in [0.1, 0.15) is 55.0 Å². The highest BCUT2D eigenvalue weighted by atomic mass is 16.5. The number of rotatable bonds is 10. The van der Waals surface area contributed by atoms with Gasteiger partial charge in [0, 0.05) is 69.7 Å². The summed E-state index contributed by atoms with van der Waals surface area (Å²) in [4.78, 5) is 30.9. The molecule has 2 fully saturated rings. The normalized spacial score (nSPS) is 18.5. The molecule has 1 atom stereocenters. The Balaban J connectivity index is 1.39. The van der Waals surface area contributed by atoms with E-state index in [0.29, 0.717) is 57.0 Å². The van der Waals surface area contributed by atoms with E-state index in [1.54, 1.807) is 0 Å². The van der Waals surface area contributed by atoms with Crippen LogP contribution in [0.5, 0.6) is 11.8 Å². The van der Waals surface area contributed by atoms with Crippen LogP contribution < -0.4 is 14.5 Å². The van der Waals surface area contributed by atoms with Gasteiger partial charge in [-0.2, -0.15) is 9.97 Å². The van der Waals surface area contributed by atoms with Gasteiger partial charge in [-0.3, -0.25) is 9.69 Å². The third kappa shape index (κ3) is 6.81. The van der Waals surface area contributed by atoms with Gasteiger partial charge in [-0.15, -0.1) is 0 Å². The third-order valence-electron chi connectivity index (χ3n) is 8.84. The smallest absolute Gasteiger partial charge is 0.318 e. The molecule has 3 aliphatic rings. The van der Waals surface area contributed by atoms with Crippen molar-refractivity contribution in [3.63, 3.8) is 0 Å². The van der Waals surface area contributed by atoms with Crippen molar-refractivity contribution in [2.45, 2.75) is 52.5 Å². The summed E-state index contributed by atoms with van der Waals surface area (Å²) in [6.07, 6.45) is 4.10. The minimum atomic E-state index is -0.0298. The third-order valence-corrected chi connectivity index (χ3v) is 8.84. The second-order valence-corrected chi connectivity index (χ2v) is 11.6. The molecule has 1 amide bonds. The molecule has 2 saturated heterocycles. The number of aryl methyl sites for hydroxylation is 1. The van der Waals surface area contributed by atoms with Crippen LogP contribution >= 0.6 is 0 Å². The zero-order chi connectivity index (χ0) is 29.6. The molecule has 228 valence electrons. The molecule has 1 aromatic carbocycles. The van der Waals surface area contributed by atoms with Crippen molar-refractivity contribution >= 4 is 17.4 Å². The molecule has 0 spiro atoms. The van der Waals surface area contributed by atoms with Crippen molar-refractivity contribution in [2.24, 2.45) is 0 Å². The van der Waals surface area contributed by atoms with Crippen molar-refractivity contribution in [1.82, 2.24) is 19.8 Å². The van der Waals surface area contributed by atoms with Crippen LogP contribution in [0.15, 0.2) is 24.8 Å². The summed E-state index contributed by atoms with van der Waals surface area (Å²) in [6, 6.07) is 4.18. The minimum Gasteiger partial charge on any atom is -0.508 e. The lowest BCUT2D eigenvalue weighted by Gasteiger charge is -2.38. The lowest BCUT2D eigenvalue weighted by molar-refractivity contribution is -0.126. The van der Waals surface area contributed by atoms with Crippen molar-refractivity contribution < 1.29 is 19.4 Å². The van der Waals surface area contributed by atoms with E-state index in [9.17, 15) is 9.90 Å². The van der Waals surface area contributed by atoms with Crippen LogP contribution in [0.4, 0.5) is 11.5 Å². The minimum absolute atomic E-state index is 0.0298. The molecular weight excluding hydrogens is 532 g/mol. The van der Waals surface area contributed by atoms with Crippen LogP contribution in [-0.4, -0.2) is 103 Å².